The zero-order chi connectivity index (χ0) is 14.8. The summed E-state index contributed by atoms with van der Waals surface area (Å²) in [6.07, 6.45) is 0.778. The summed E-state index contributed by atoms with van der Waals surface area (Å²) in [6.45, 7) is 2.63. The van der Waals surface area contributed by atoms with Gasteiger partial charge in [0.05, 0.1) is 27.0 Å². The van der Waals surface area contributed by atoms with Gasteiger partial charge in [0.2, 0.25) is 10.0 Å². The lowest BCUT2D eigenvalue weighted by Crippen LogP contribution is -2.13. The first kappa shape index (κ1) is 14.8. The van der Waals surface area contributed by atoms with Crippen molar-refractivity contribution in [2.75, 3.05) is 17.6 Å². The maximum atomic E-state index is 11.2. The average Bonchev–Trinajstić information content (AvgIpc) is 2.76. The molecule has 20 heavy (non-hydrogen) atoms. The number of nitrogens with one attached hydrogen (secondary N) is 1. The second-order valence-corrected chi connectivity index (χ2v) is 6.95. The minimum Gasteiger partial charge on any atom is -0.397 e. The molecule has 0 saturated carbocycles. The third-order valence-electron chi connectivity index (χ3n) is 2.71. The second-order valence-electron chi connectivity index (χ2n) is 4.33. The van der Waals surface area contributed by atoms with Crippen molar-refractivity contribution in [1.29, 1.82) is 0 Å². The van der Waals surface area contributed by atoms with Crippen molar-refractivity contribution in [2.45, 2.75) is 18.2 Å². The molecule has 6 nitrogen and oxygen atoms in total. The fourth-order valence-corrected chi connectivity index (χ4v) is 2.92. The van der Waals surface area contributed by atoms with Gasteiger partial charge in [-0.05, 0) is 25.1 Å². The Morgan fingerprint density at radius 2 is 2.15 bits per heavy atom. The van der Waals surface area contributed by atoms with Crippen molar-refractivity contribution in [2.24, 2.45) is 5.14 Å². The number of benzene rings is 1. The molecule has 0 bridgehead atoms. The summed E-state index contributed by atoms with van der Waals surface area (Å²) in [7, 11) is -3.72. The van der Waals surface area contributed by atoms with Crippen LogP contribution in [-0.4, -0.2) is 19.9 Å². The standard InChI is InChI=1S/C12H16N4O2S2/c1-8-16-9(7-19-8)4-5-15-12-3-2-10(6-11(12)13)20(14,17)18/h2-3,6-7,15H,4-5,13H2,1H3,(H2,14,17,18). The highest BCUT2D eigenvalue weighted by atomic mass is 32.2. The largest absolute Gasteiger partial charge is 0.397 e. The summed E-state index contributed by atoms with van der Waals surface area (Å²) in [5.41, 5.74) is 7.87. The molecule has 0 atom stereocenters. The Morgan fingerprint density at radius 3 is 2.70 bits per heavy atom. The Bertz CT molecular complexity index is 710. The van der Waals surface area contributed by atoms with Gasteiger partial charge in [0.25, 0.3) is 0 Å². The Morgan fingerprint density at radius 1 is 1.40 bits per heavy atom. The van der Waals surface area contributed by atoms with Gasteiger partial charge >= 0.3 is 0 Å². The highest BCUT2D eigenvalue weighted by molar-refractivity contribution is 7.89. The summed E-state index contributed by atoms with van der Waals surface area (Å²) in [6, 6.07) is 4.40. The Labute approximate surface area is 121 Å². The number of primary sulfonamides is 1. The molecule has 0 saturated heterocycles. The minimum absolute atomic E-state index is 0.00989. The first-order valence-electron chi connectivity index (χ1n) is 5.93. The molecule has 2 aromatic rings. The number of rotatable bonds is 5. The van der Waals surface area contributed by atoms with E-state index in [9.17, 15) is 8.42 Å². The summed E-state index contributed by atoms with van der Waals surface area (Å²) in [4.78, 5) is 4.37. The minimum atomic E-state index is -3.72. The molecule has 0 amide bonds. The lowest BCUT2D eigenvalue weighted by molar-refractivity contribution is 0.598. The quantitative estimate of drug-likeness (QED) is 0.721. The number of thiazole rings is 1. The Balaban J connectivity index is 2.00. The van der Waals surface area contributed by atoms with Crippen molar-refractivity contribution in [1.82, 2.24) is 4.98 Å². The van der Waals surface area contributed by atoms with E-state index in [1.165, 1.54) is 12.1 Å². The van der Waals surface area contributed by atoms with Crippen molar-refractivity contribution in [3.63, 3.8) is 0 Å². The van der Waals surface area contributed by atoms with Crippen molar-refractivity contribution in [3.05, 3.63) is 34.3 Å². The van der Waals surface area contributed by atoms with E-state index < -0.39 is 10.0 Å². The number of hydrogen-bond acceptors (Lipinski definition) is 6. The number of hydrogen-bond donors (Lipinski definition) is 3. The van der Waals surface area contributed by atoms with Crippen LogP contribution in [0.15, 0.2) is 28.5 Å². The van der Waals surface area contributed by atoms with Crippen LogP contribution in [0.4, 0.5) is 11.4 Å². The van der Waals surface area contributed by atoms with Crippen LogP contribution in [0.3, 0.4) is 0 Å². The smallest absolute Gasteiger partial charge is 0.238 e. The molecule has 0 aliphatic carbocycles. The van der Waals surface area contributed by atoms with E-state index in [0.29, 0.717) is 17.9 Å². The average molecular weight is 312 g/mol. The highest BCUT2D eigenvalue weighted by Gasteiger charge is 2.09. The molecule has 2 rings (SSSR count). The number of anilines is 2. The van der Waals surface area contributed by atoms with E-state index in [2.05, 4.69) is 10.3 Å². The number of sulfonamides is 1. The van der Waals surface area contributed by atoms with Gasteiger partial charge in [-0.3, -0.25) is 0 Å². The molecule has 1 aromatic heterocycles. The monoisotopic (exact) mass is 312 g/mol. The van der Waals surface area contributed by atoms with Crippen LogP contribution < -0.4 is 16.2 Å². The van der Waals surface area contributed by atoms with E-state index in [1.807, 2.05) is 12.3 Å². The van der Waals surface area contributed by atoms with Crippen LogP contribution in [0.1, 0.15) is 10.7 Å². The first-order valence-corrected chi connectivity index (χ1v) is 8.36. The third kappa shape index (κ3) is 3.69. The normalized spacial score (nSPS) is 11.5. The lowest BCUT2D eigenvalue weighted by atomic mass is 10.2. The molecule has 0 radical (unpaired) electrons. The molecular weight excluding hydrogens is 296 g/mol. The number of nitrogen functional groups attached to an aromatic ring is 1. The fraction of sp³-hybridized carbons (Fsp3) is 0.250. The topological polar surface area (TPSA) is 111 Å². The van der Waals surface area contributed by atoms with Gasteiger partial charge in [-0.1, -0.05) is 0 Å². The number of nitrogens with zero attached hydrogens (tertiary/aromatic N) is 1. The number of aryl methyl sites for hydroxylation is 1. The van der Waals surface area contributed by atoms with E-state index in [0.717, 1.165) is 17.1 Å². The van der Waals surface area contributed by atoms with Crippen LogP contribution >= 0.6 is 11.3 Å². The van der Waals surface area contributed by atoms with Crippen molar-refractivity contribution >= 4 is 32.7 Å². The fourth-order valence-electron chi connectivity index (χ4n) is 1.73. The molecule has 0 aliphatic heterocycles. The number of nitrogens with two attached hydrogens (primary N) is 2. The van der Waals surface area contributed by atoms with Crippen LogP contribution in [0, 0.1) is 6.92 Å². The van der Waals surface area contributed by atoms with E-state index in [1.54, 1.807) is 17.4 Å². The van der Waals surface area contributed by atoms with Gasteiger partial charge in [0.15, 0.2) is 0 Å². The molecule has 1 aromatic carbocycles. The molecule has 0 fully saturated rings. The molecule has 8 heteroatoms. The molecular formula is C12H16N4O2S2. The summed E-state index contributed by atoms with van der Waals surface area (Å²) < 4.78 is 22.4. The molecule has 0 aliphatic rings. The van der Waals surface area contributed by atoms with Crippen molar-refractivity contribution in [3.8, 4) is 0 Å². The van der Waals surface area contributed by atoms with E-state index in [4.69, 9.17) is 10.9 Å². The zero-order valence-corrected chi connectivity index (χ0v) is 12.6. The molecule has 0 unspecified atom stereocenters. The Hall–Kier alpha value is -1.64. The van der Waals surface area contributed by atoms with Gasteiger partial charge in [0, 0.05) is 18.3 Å². The predicted octanol–water partition coefficient (Wildman–Crippen LogP) is 1.34. The Kier molecular flexibility index (Phi) is 4.26. The molecule has 5 N–H and O–H groups in total. The first-order chi connectivity index (χ1) is 9.36. The molecule has 0 spiro atoms. The summed E-state index contributed by atoms with van der Waals surface area (Å²) >= 11 is 1.61. The van der Waals surface area contributed by atoms with Crippen LogP contribution in [0.25, 0.3) is 0 Å². The maximum Gasteiger partial charge on any atom is 0.238 e. The summed E-state index contributed by atoms with van der Waals surface area (Å²) in [5, 5.41) is 11.3. The number of aromatic nitrogens is 1. The van der Waals surface area contributed by atoms with Gasteiger partial charge < -0.3 is 11.1 Å². The zero-order valence-electron chi connectivity index (χ0n) is 11.0. The van der Waals surface area contributed by atoms with Crippen LogP contribution in [0.2, 0.25) is 0 Å². The highest BCUT2D eigenvalue weighted by Crippen LogP contribution is 2.22. The van der Waals surface area contributed by atoms with E-state index in [-0.39, 0.29) is 4.90 Å². The molecule has 1 heterocycles. The van der Waals surface area contributed by atoms with Crippen LogP contribution in [0.5, 0.6) is 0 Å². The SMILES string of the molecule is Cc1nc(CCNc2ccc(S(N)(=O)=O)cc2N)cs1. The van der Waals surface area contributed by atoms with Gasteiger partial charge in [0.1, 0.15) is 0 Å². The van der Waals surface area contributed by atoms with Crippen LogP contribution in [-0.2, 0) is 16.4 Å². The van der Waals surface area contributed by atoms with Crippen molar-refractivity contribution < 1.29 is 8.42 Å². The molecule has 108 valence electrons. The van der Waals surface area contributed by atoms with Gasteiger partial charge in [-0.15, -0.1) is 11.3 Å². The maximum absolute atomic E-state index is 11.2. The second kappa shape index (κ2) is 5.78. The third-order valence-corrected chi connectivity index (χ3v) is 4.45. The predicted molar refractivity (Wildman–Crippen MR) is 81.3 cm³/mol. The summed E-state index contributed by atoms with van der Waals surface area (Å²) in [5.74, 6) is 0. The van der Waals surface area contributed by atoms with Gasteiger partial charge in [-0.2, -0.15) is 0 Å². The lowest BCUT2D eigenvalue weighted by Gasteiger charge is -2.09. The van der Waals surface area contributed by atoms with E-state index >= 15 is 0 Å². The van der Waals surface area contributed by atoms with Gasteiger partial charge in [-0.25, -0.2) is 18.5 Å².